The molecule has 0 saturated carbocycles. The molecule has 0 unspecified atom stereocenters. The largest absolute Gasteiger partial charge is 0.416 e. The average Bonchev–Trinajstić information content (AvgIpc) is 3.38. The Morgan fingerprint density at radius 3 is 2.40 bits per heavy atom. The number of rotatable bonds is 6. The minimum Gasteiger partial charge on any atom is -0.377 e. The molecule has 16 heteroatoms. The summed E-state index contributed by atoms with van der Waals surface area (Å²) < 4.78 is 42.2. The van der Waals surface area contributed by atoms with Crippen molar-refractivity contribution in [2.75, 3.05) is 12.0 Å². The van der Waals surface area contributed by atoms with E-state index in [2.05, 4.69) is 15.3 Å². The lowest BCUT2D eigenvalue weighted by molar-refractivity contribution is -0.137. The molecule has 45 heavy (non-hydrogen) atoms. The van der Waals surface area contributed by atoms with Gasteiger partial charge in [-0.25, -0.2) is 14.5 Å². The minimum absolute atomic E-state index is 0.0152. The van der Waals surface area contributed by atoms with Crippen LogP contribution in [0.25, 0.3) is 5.82 Å². The van der Waals surface area contributed by atoms with Crippen LogP contribution in [0.4, 0.5) is 19.1 Å². The number of imidazole rings is 1. The van der Waals surface area contributed by atoms with E-state index in [-0.39, 0.29) is 47.5 Å². The van der Waals surface area contributed by atoms with Crippen LogP contribution in [0.1, 0.15) is 44.7 Å². The van der Waals surface area contributed by atoms with E-state index in [4.69, 9.17) is 28.2 Å². The van der Waals surface area contributed by atoms with Crippen molar-refractivity contribution in [3.63, 3.8) is 0 Å². The van der Waals surface area contributed by atoms with E-state index in [0.717, 1.165) is 12.1 Å². The number of hydrogen-bond acceptors (Lipinski definition) is 6. The third-order valence-electron chi connectivity index (χ3n) is 7.61. The van der Waals surface area contributed by atoms with E-state index in [1.807, 2.05) is 13.5 Å². The van der Waals surface area contributed by atoms with E-state index < -0.39 is 32.2 Å². The first-order valence-corrected chi connectivity index (χ1v) is 16.4. The molecule has 0 saturated heterocycles. The first-order valence-electron chi connectivity index (χ1n) is 13.6. The third kappa shape index (κ3) is 6.22. The molecule has 2 aromatic heterocycles. The molecule has 0 bridgehead atoms. The maximum Gasteiger partial charge on any atom is 0.416 e. The average molecular weight is 678 g/mol. The van der Waals surface area contributed by atoms with Crippen LogP contribution in [-0.2, 0) is 26.2 Å². The lowest BCUT2D eigenvalue weighted by Gasteiger charge is -2.35. The Bertz CT molecular complexity index is 1860. The van der Waals surface area contributed by atoms with E-state index in [1.54, 1.807) is 18.0 Å². The number of carbonyl (C=O) groups excluding carboxylic acids is 2. The van der Waals surface area contributed by atoms with Crippen molar-refractivity contribution in [1.82, 2.24) is 29.3 Å². The molecule has 2 amide bonds. The number of alkyl halides is 3. The van der Waals surface area contributed by atoms with Crippen LogP contribution in [0.5, 0.6) is 0 Å². The number of benzene rings is 2. The van der Waals surface area contributed by atoms with E-state index >= 15 is 0 Å². The summed E-state index contributed by atoms with van der Waals surface area (Å²) in [7, 11) is 1.21. The van der Waals surface area contributed by atoms with Gasteiger partial charge in [0.2, 0.25) is 14.9 Å². The molecule has 0 fully saturated rings. The zero-order chi connectivity index (χ0) is 32.8. The minimum atomic E-state index is -4.48. The topological polar surface area (TPSA) is 114 Å². The quantitative estimate of drug-likeness (QED) is 0.296. The smallest absolute Gasteiger partial charge is 0.377 e. The highest BCUT2D eigenvalue weighted by molar-refractivity contribution is 6.74. The van der Waals surface area contributed by atoms with Crippen molar-refractivity contribution in [3.8, 4) is 5.82 Å². The molecule has 1 aliphatic rings. The molecule has 1 atom stereocenters. The standard InChI is InChI=1S/C29H27Cl2F3N7O3Si/c1-15-11-19-22(14-40(15)26(43)16-5-10-20(30)21(31)12-16)37-28(38-45(4)18-8-6-17(7-9-18)29(32,33)34)41(27(19)44)23-13-36-24(39(23)3)25(42)35-2/h5-10,12-13,15H,11,14H2,1-4H3,(H,35,42)(H,37,38)/t15-/m1/s1. The van der Waals surface area contributed by atoms with Crippen LogP contribution in [0.15, 0.2) is 53.5 Å². The molecule has 2 N–H and O–H groups in total. The molecule has 1 aliphatic heterocycles. The van der Waals surface area contributed by atoms with Crippen LogP contribution in [0.3, 0.4) is 0 Å². The molecule has 0 spiro atoms. The van der Waals surface area contributed by atoms with Crippen LogP contribution in [0.2, 0.25) is 16.6 Å². The lowest BCUT2D eigenvalue weighted by Crippen LogP contribution is -2.47. The number of aromatic nitrogens is 4. The second-order valence-corrected chi connectivity index (χ2v) is 13.4. The fraction of sp³-hybridized carbons (Fsp3) is 0.276. The summed E-state index contributed by atoms with van der Waals surface area (Å²) >= 11 is 12.2. The molecule has 2 aromatic carbocycles. The van der Waals surface area contributed by atoms with Gasteiger partial charge in [-0.1, -0.05) is 47.5 Å². The molecular weight excluding hydrogens is 650 g/mol. The summed E-state index contributed by atoms with van der Waals surface area (Å²) in [4.78, 5) is 53.9. The summed E-state index contributed by atoms with van der Waals surface area (Å²) in [6.45, 7) is 3.64. The number of fused-ring (bicyclic) bond motifs is 1. The van der Waals surface area contributed by atoms with Crippen molar-refractivity contribution >= 4 is 55.1 Å². The van der Waals surface area contributed by atoms with Gasteiger partial charge in [0, 0.05) is 31.3 Å². The summed E-state index contributed by atoms with van der Waals surface area (Å²) in [5, 5.41) is 3.65. The molecule has 0 aliphatic carbocycles. The monoisotopic (exact) mass is 676 g/mol. The van der Waals surface area contributed by atoms with Gasteiger partial charge in [0.1, 0.15) is 5.82 Å². The Kier molecular flexibility index (Phi) is 8.84. The summed E-state index contributed by atoms with van der Waals surface area (Å²) in [6.07, 6.45) is -2.91. The predicted octanol–water partition coefficient (Wildman–Crippen LogP) is 4.18. The van der Waals surface area contributed by atoms with Crippen LogP contribution >= 0.6 is 23.2 Å². The van der Waals surface area contributed by atoms with Crippen LogP contribution < -0.4 is 21.0 Å². The highest BCUT2D eigenvalue weighted by Gasteiger charge is 2.34. The third-order valence-corrected chi connectivity index (χ3v) is 10.1. The lowest BCUT2D eigenvalue weighted by atomic mass is 9.98. The second kappa shape index (κ2) is 12.3. The summed E-state index contributed by atoms with van der Waals surface area (Å²) in [5.41, 5.74) is -0.133. The number of nitrogens with zero attached hydrogens (tertiary/aromatic N) is 5. The highest BCUT2D eigenvalue weighted by Crippen LogP contribution is 2.29. The van der Waals surface area contributed by atoms with Crippen molar-refractivity contribution in [3.05, 3.63) is 97.3 Å². The highest BCUT2D eigenvalue weighted by atomic mass is 35.5. The second-order valence-electron chi connectivity index (χ2n) is 10.5. The van der Waals surface area contributed by atoms with Crippen molar-refractivity contribution in [1.29, 1.82) is 0 Å². The Balaban J connectivity index is 1.59. The molecule has 3 heterocycles. The van der Waals surface area contributed by atoms with Crippen LogP contribution in [0, 0.1) is 0 Å². The van der Waals surface area contributed by atoms with E-state index in [0.29, 0.717) is 27.0 Å². The van der Waals surface area contributed by atoms with Gasteiger partial charge in [-0.15, -0.1) is 0 Å². The van der Waals surface area contributed by atoms with Gasteiger partial charge < -0.3 is 19.8 Å². The van der Waals surface area contributed by atoms with E-state index in [9.17, 15) is 27.6 Å². The fourth-order valence-electron chi connectivity index (χ4n) is 5.10. The van der Waals surface area contributed by atoms with Crippen LogP contribution in [-0.4, -0.2) is 57.9 Å². The maximum atomic E-state index is 14.2. The number of halogens is 5. The maximum absolute atomic E-state index is 14.2. The normalized spacial score (nSPS) is 14.8. The van der Waals surface area contributed by atoms with Gasteiger partial charge in [0.05, 0.1) is 34.0 Å². The fourth-order valence-corrected chi connectivity index (χ4v) is 6.71. The first kappa shape index (κ1) is 32.3. The molecular formula is C29H27Cl2F3N7O3Si. The van der Waals surface area contributed by atoms with Gasteiger partial charge in [0.15, 0.2) is 5.82 Å². The zero-order valence-corrected chi connectivity index (χ0v) is 27.0. The molecule has 1 radical (unpaired) electrons. The SMILES string of the molecule is CNC(=O)c1ncc(-n2c(N[Si](C)c3ccc(C(F)(F)F)cc3)nc3c(c2=O)C[C@@H](C)N(C(=O)c2ccc(Cl)c(Cl)c2)C3)n1C. The van der Waals surface area contributed by atoms with Gasteiger partial charge in [0.25, 0.3) is 17.4 Å². The summed E-state index contributed by atoms with van der Waals surface area (Å²) in [5.74, 6) is -0.385. The van der Waals surface area contributed by atoms with Gasteiger partial charge in [-0.05, 0) is 43.3 Å². The van der Waals surface area contributed by atoms with Crippen molar-refractivity contribution in [2.24, 2.45) is 7.05 Å². The Morgan fingerprint density at radius 2 is 1.78 bits per heavy atom. The van der Waals surface area contributed by atoms with E-state index in [1.165, 1.54) is 46.6 Å². The Labute approximate surface area is 267 Å². The zero-order valence-electron chi connectivity index (χ0n) is 24.5. The van der Waals surface area contributed by atoms with Crippen molar-refractivity contribution in [2.45, 2.75) is 38.7 Å². The first-order chi connectivity index (χ1) is 21.2. The number of amides is 2. The van der Waals surface area contributed by atoms with Gasteiger partial charge in [-0.2, -0.15) is 13.2 Å². The number of carbonyl (C=O) groups is 2. The molecule has 10 nitrogen and oxygen atoms in total. The Morgan fingerprint density at radius 1 is 1.09 bits per heavy atom. The predicted molar refractivity (Wildman–Crippen MR) is 166 cm³/mol. The number of anilines is 1. The molecule has 5 rings (SSSR count). The number of nitrogens with one attached hydrogen (secondary N) is 2. The summed E-state index contributed by atoms with van der Waals surface area (Å²) in [6, 6.07) is 8.98. The van der Waals surface area contributed by atoms with Gasteiger partial charge >= 0.3 is 6.18 Å². The number of hydrogen-bond donors (Lipinski definition) is 2. The van der Waals surface area contributed by atoms with Gasteiger partial charge in [-0.3, -0.25) is 14.4 Å². The molecule has 235 valence electrons. The van der Waals surface area contributed by atoms with Crippen molar-refractivity contribution < 1.29 is 22.8 Å². The Hall–Kier alpha value is -4.14. The molecule has 4 aromatic rings.